The molecule has 3 fully saturated rings. The molecule has 3 aliphatic rings. The highest BCUT2D eigenvalue weighted by Crippen LogP contribution is 2.43. The first kappa shape index (κ1) is 18.8. The number of furan rings is 1. The van der Waals surface area contributed by atoms with Crippen molar-refractivity contribution in [2.75, 3.05) is 19.7 Å². The summed E-state index contributed by atoms with van der Waals surface area (Å²) in [4.78, 5) is 2.58. The summed E-state index contributed by atoms with van der Waals surface area (Å²) < 4.78 is 13.9. The third-order valence-electron chi connectivity index (χ3n) is 7.06. The van der Waals surface area contributed by atoms with E-state index in [-0.39, 0.29) is 12.1 Å². The fraction of sp³-hybridized carbons (Fsp3) is 0.565. The summed E-state index contributed by atoms with van der Waals surface area (Å²) in [5, 5.41) is 13.2. The van der Waals surface area contributed by atoms with Crippen LogP contribution in [0.5, 0.6) is 0 Å². The Bertz CT molecular complexity index is 950. The first-order valence-corrected chi connectivity index (χ1v) is 12.1. The van der Waals surface area contributed by atoms with Crippen LogP contribution in [0.15, 0.2) is 46.0 Å². The lowest BCUT2D eigenvalue weighted by Gasteiger charge is -2.37. The zero-order valence-corrected chi connectivity index (χ0v) is 17.9. The number of nitrogens with zero attached hydrogens (tertiary/aromatic N) is 4. The molecule has 4 atom stereocenters. The molecule has 1 saturated heterocycles. The number of rotatable bonds is 7. The summed E-state index contributed by atoms with van der Waals surface area (Å²) in [6.45, 7) is 4.19. The molecule has 158 valence electrons. The summed E-state index contributed by atoms with van der Waals surface area (Å²) in [6.07, 6.45) is 10.9. The molecule has 0 N–H and O–H groups in total. The molecule has 30 heavy (non-hydrogen) atoms. The largest absolute Gasteiger partial charge is 0.472 e. The minimum absolute atomic E-state index is 0.234. The van der Waals surface area contributed by atoms with Gasteiger partial charge in [-0.15, -0.1) is 5.10 Å². The van der Waals surface area contributed by atoms with Gasteiger partial charge in [-0.3, -0.25) is 4.90 Å². The maximum absolute atomic E-state index is 6.50. The molecule has 2 saturated carbocycles. The van der Waals surface area contributed by atoms with Crippen LogP contribution in [0.3, 0.4) is 0 Å². The summed E-state index contributed by atoms with van der Waals surface area (Å²) >= 11 is 1.70. The van der Waals surface area contributed by atoms with Crippen LogP contribution >= 0.6 is 11.3 Å². The van der Waals surface area contributed by atoms with Crippen LogP contribution in [0.4, 0.5) is 0 Å². The van der Waals surface area contributed by atoms with Gasteiger partial charge in [0.15, 0.2) is 0 Å². The number of fused-ring (bicyclic) bond motifs is 1. The average molecular weight is 425 g/mol. The van der Waals surface area contributed by atoms with Gasteiger partial charge in [-0.05, 0) is 60.9 Å². The van der Waals surface area contributed by atoms with E-state index in [4.69, 9.17) is 9.15 Å². The second-order valence-corrected chi connectivity index (χ2v) is 10.1. The van der Waals surface area contributed by atoms with Crippen LogP contribution in [0.2, 0.25) is 0 Å². The topological polar surface area (TPSA) is 56.3 Å². The first-order chi connectivity index (χ1) is 14.8. The van der Waals surface area contributed by atoms with E-state index in [1.807, 2.05) is 6.26 Å². The quantitative estimate of drug-likeness (QED) is 0.560. The molecule has 0 radical (unpaired) electrons. The van der Waals surface area contributed by atoms with Crippen molar-refractivity contribution in [2.24, 2.45) is 17.8 Å². The molecule has 4 heterocycles. The third kappa shape index (κ3) is 3.86. The normalized spacial score (nSPS) is 29.3. The highest BCUT2D eigenvalue weighted by atomic mass is 32.1. The van der Waals surface area contributed by atoms with Gasteiger partial charge in [-0.25, -0.2) is 4.68 Å². The Morgan fingerprint density at radius 3 is 2.83 bits per heavy atom. The van der Waals surface area contributed by atoms with Crippen molar-refractivity contribution in [1.29, 1.82) is 0 Å². The molecule has 6 nitrogen and oxygen atoms in total. The fourth-order valence-electron chi connectivity index (χ4n) is 5.24. The molecule has 1 aliphatic heterocycles. The van der Waals surface area contributed by atoms with E-state index in [9.17, 15) is 0 Å². The highest BCUT2D eigenvalue weighted by Gasteiger charge is 2.44. The van der Waals surface area contributed by atoms with Crippen LogP contribution < -0.4 is 0 Å². The zero-order chi connectivity index (χ0) is 19.9. The predicted molar refractivity (Wildman–Crippen MR) is 115 cm³/mol. The van der Waals surface area contributed by atoms with E-state index in [0.29, 0.717) is 11.8 Å². The van der Waals surface area contributed by atoms with Crippen molar-refractivity contribution in [3.05, 3.63) is 47.2 Å². The van der Waals surface area contributed by atoms with Gasteiger partial charge in [-0.1, -0.05) is 5.21 Å². The van der Waals surface area contributed by atoms with Crippen LogP contribution in [0, 0.1) is 17.8 Å². The number of ether oxygens (including phenoxy) is 1. The Hall–Kier alpha value is -1.96. The van der Waals surface area contributed by atoms with E-state index >= 15 is 0 Å². The molecule has 3 aromatic rings. The van der Waals surface area contributed by atoms with Gasteiger partial charge in [0, 0.05) is 42.7 Å². The number of aromatic nitrogens is 3. The van der Waals surface area contributed by atoms with Crippen LogP contribution in [-0.4, -0.2) is 45.7 Å². The highest BCUT2D eigenvalue weighted by molar-refractivity contribution is 7.08. The van der Waals surface area contributed by atoms with Gasteiger partial charge in [-0.2, -0.15) is 11.3 Å². The minimum atomic E-state index is 0.234. The minimum Gasteiger partial charge on any atom is -0.472 e. The van der Waals surface area contributed by atoms with E-state index in [2.05, 4.69) is 49.0 Å². The van der Waals surface area contributed by atoms with E-state index in [0.717, 1.165) is 56.3 Å². The van der Waals surface area contributed by atoms with Crippen molar-refractivity contribution in [1.82, 2.24) is 19.9 Å². The molecule has 6 rings (SSSR count). The predicted octanol–water partition coefficient (Wildman–Crippen LogP) is 4.48. The van der Waals surface area contributed by atoms with Crippen molar-refractivity contribution >= 4 is 11.3 Å². The SMILES string of the molecule is c1cc(CN2C[C@H]3C[C@@H](n4cc(-c5ccsc5)nn4)[C@H](OCC4CC4)C[C@H]3C2)co1. The molecule has 0 unspecified atom stereocenters. The Labute approximate surface area is 180 Å². The van der Waals surface area contributed by atoms with Crippen molar-refractivity contribution in [3.8, 4) is 11.3 Å². The summed E-state index contributed by atoms with van der Waals surface area (Å²) in [5.74, 6) is 2.18. The van der Waals surface area contributed by atoms with E-state index in [1.54, 1.807) is 17.6 Å². The lowest BCUT2D eigenvalue weighted by Crippen LogP contribution is -2.38. The molecule has 0 bridgehead atoms. The number of hydrogen-bond acceptors (Lipinski definition) is 6. The molecule has 0 spiro atoms. The average Bonchev–Trinajstić information content (AvgIpc) is 3.26. The second-order valence-electron chi connectivity index (χ2n) is 9.30. The van der Waals surface area contributed by atoms with Gasteiger partial charge >= 0.3 is 0 Å². The molecular formula is C23H28N4O2S. The van der Waals surface area contributed by atoms with Crippen molar-refractivity contribution < 1.29 is 9.15 Å². The smallest absolute Gasteiger partial charge is 0.113 e. The summed E-state index contributed by atoms with van der Waals surface area (Å²) in [5.41, 5.74) is 3.39. The van der Waals surface area contributed by atoms with Crippen LogP contribution in [-0.2, 0) is 11.3 Å². The lowest BCUT2D eigenvalue weighted by atomic mass is 9.77. The molecule has 3 aromatic heterocycles. The molecular weight excluding hydrogens is 396 g/mol. The second kappa shape index (κ2) is 7.94. The number of likely N-dealkylation sites (tertiary alicyclic amines) is 1. The Morgan fingerprint density at radius 2 is 2.07 bits per heavy atom. The van der Waals surface area contributed by atoms with Gasteiger partial charge in [0.25, 0.3) is 0 Å². The molecule has 0 amide bonds. The van der Waals surface area contributed by atoms with Crippen LogP contribution in [0.1, 0.15) is 37.3 Å². The Balaban J connectivity index is 1.19. The third-order valence-corrected chi connectivity index (χ3v) is 7.74. The van der Waals surface area contributed by atoms with E-state index < -0.39 is 0 Å². The van der Waals surface area contributed by atoms with Crippen molar-refractivity contribution in [2.45, 2.75) is 44.4 Å². The maximum Gasteiger partial charge on any atom is 0.113 e. The molecule has 7 heteroatoms. The van der Waals surface area contributed by atoms with Crippen molar-refractivity contribution in [3.63, 3.8) is 0 Å². The Morgan fingerprint density at radius 1 is 1.17 bits per heavy atom. The van der Waals surface area contributed by atoms with Crippen LogP contribution in [0.25, 0.3) is 11.3 Å². The number of hydrogen-bond donors (Lipinski definition) is 0. The molecule has 0 aromatic carbocycles. The maximum atomic E-state index is 6.50. The summed E-state index contributed by atoms with van der Waals surface area (Å²) in [7, 11) is 0. The first-order valence-electron chi connectivity index (χ1n) is 11.1. The monoisotopic (exact) mass is 424 g/mol. The lowest BCUT2D eigenvalue weighted by molar-refractivity contribution is -0.0375. The van der Waals surface area contributed by atoms with Gasteiger partial charge < -0.3 is 9.15 Å². The Kier molecular flexibility index (Phi) is 4.97. The van der Waals surface area contributed by atoms with E-state index in [1.165, 1.54) is 18.4 Å². The zero-order valence-electron chi connectivity index (χ0n) is 17.1. The van der Waals surface area contributed by atoms with Gasteiger partial charge in [0.05, 0.1) is 30.9 Å². The van der Waals surface area contributed by atoms with Gasteiger partial charge in [0.2, 0.25) is 0 Å². The van der Waals surface area contributed by atoms with Gasteiger partial charge in [0.1, 0.15) is 5.69 Å². The summed E-state index contributed by atoms with van der Waals surface area (Å²) in [6, 6.07) is 4.47. The standard InChI is InChI=1S/C23H28N4O2S/c1-2-16(1)14-29-23-8-20-11-26(9-17-3-5-28-13-17)10-19(20)7-22(23)27-12-21(24-25-27)18-4-6-30-15-18/h3-6,12-13,15-16,19-20,22-23H,1-2,7-11,14H2/t19-,20+,22-,23-/m1/s1. The number of thiophene rings is 1. The fourth-order valence-corrected chi connectivity index (χ4v) is 5.89. The molecule has 2 aliphatic carbocycles.